The summed E-state index contributed by atoms with van der Waals surface area (Å²) in [5, 5.41) is 5.99. The van der Waals surface area contributed by atoms with Crippen LogP contribution in [0, 0.1) is 13.8 Å². The van der Waals surface area contributed by atoms with E-state index in [1.54, 1.807) is 7.11 Å². The Morgan fingerprint density at radius 3 is 2.58 bits per heavy atom. The van der Waals surface area contributed by atoms with Crippen LogP contribution in [0.1, 0.15) is 36.1 Å². The first-order valence-electron chi connectivity index (χ1n) is 6.59. The normalized spacial score (nSPS) is 12.1. The van der Waals surface area contributed by atoms with Gasteiger partial charge in [-0.05, 0) is 50.6 Å². The van der Waals surface area contributed by atoms with Crippen LogP contribution in [0.5, 0.6) is 5.75 Å². The van der Waals surface area contributed by atoms with Crippen molar-refractivity contribution in [3.05, 3.63) is 28.8 Å². The molecular weight excluding hydrogens is 240 g/mol. The Hall–Kier alpha value is -1.55. The zero-order valence-electron chi connectivity index (χ0n) is 12.5. The van der Waals surface area contributed by atoms with Crippen molar-refractivity contribution in [1.29, 1.82) is 0 Å². The van der Waals surface area contributed by atoms with Gasteiger partial charge >= 0.3 is 0 Å². The first-order chi connectivity index (χ1) is 9.01. The molecule has 0 saturated carbocycles. The molecule has 2 N–H and O–H groups in total. The summed E-state index contributed by atoms with van der Waals surface area (Å²) in [6, 6.07) is 3.98. The fraction of sp³-hybridized carbons (Fsp3) is 0.533. The van der Waals surface area contributed by atoms with Gasteiger partial charge in [0, 0.05) is 13.0 Å². The molecule has 1 unspecified atom stereocenters. The summed E-state index contributed by atoms with van der Waals surface area (Å²) in [5.41, 5.74) is 3.42. The molecule has 0 aliphatic rings. The molecule has 0 aliphatic carbocycles. The van der Waals surface area contributed by atoms with Gasteiger partial charge < -0.3 is 15.4 Å². The number of carbonyl (C=O) groups is 1. The van der Waals surface area contributed by atoms with Crippen LogP contribution in [0.2, 0.25) is 0 Å². The van der Waals surface area contributed by atoms with Crippen LogP contribution >= 0.6 is 0 Å². The van der Waals surface area contributed by atoms with Crippen LogP contribution < -0.4 is 15.4 Å². The van der Waals surface area contributed by atoms with Crippen molar-refractivity contribution in [3.8, 4) is 5.75 Å². The molecule has 106 valence electrons. The van der Waals surface area contributed by atoms with E-state index in [9.17, 15) is 4.79 Å². The predicted octanol–water partition coefficient (Wildman–Crippen LogP) is 2.10. The Morgan fingerprint density at radius 2 is 2.00 bits per heavy atom. The molecule has 4 nitrogen and oxygen atoms in total. The maximum Gasteiger partial charge on any atom is 0.221 e. The zero-order chi connectivity index (χ0) is 14.4. The second kappa shape index (κ2) is 7.14. The Bertz CT molecular complexity index is 444. The van der Waals surface area contributed by atoms with Crippen LogP contribution in [0.4, 0.5) is 0 Å². The van der Waals surface area contributed by atoms with Gasteiger partial charge in [-0.1, -0.05) is 6.07 Å². The number of carbonyl (C=O) groups excluding carboxylic acids is 1. The third-order valence-corrected chi connectivity index (χ3v) is 3.45. The highest BCUT2D eigenvalue weighted by Crippen LogP contribution is 2.27. The predicted molar refractivity (Wildman–Crippen MR) is 77.6 cm³/mol. The van der Waals surface area contributed by atoms with E-state index in [1.165, 1.54) is 5.56 Å². The smallest absolute Gasteiger partial charge is 0.221 e. The van der Waals surface area contributed by atoms with Gasteiger partial charge in [-0.25, -0.2) is 0 Å². The summed E-state index contributed by atoms with van der Waals surface area (Å²) in [6.45, 7) is 6.79. The monoisotopic (exact) mass is 264 g/mol. The number of amides is 1. The lowest BCUT2D eigenvalue weighted by atomic mass is 9.97. The molecule has 0 saturated heterocycles. The molecule has 0 aromatic heterocycles. The Morgan fingerprint density at radius 1 is 1.32 bits per heavy atom. The minimum Gasteiger partial charge on any atom is -0.496 e. The molecular formula is C15H24N2O2. The molecule has 1 atom stereocenters. The van der Waals surface area contributed by atoms with Crippen molar-refractivity contribution in [1.82, 2.24) is 10.6 Å². The Balaban J connectivity index is 2.80. The topological polar surface area (TPSA) is 50.4 Å². The number of hydrogen-bond donors (Lipinski definition) is 2. The lowest BCUT2D eigenvalue weighted by Crippen LogP contribution is -2.29. The average molecular weight is 264 g/mol. The minimum atomic E-state index is 0.00830. The standard InChI is InChI=1S/C15H24N2O2/c1-10-11(2)14(19-5)7-6-13(10)12(3)17-15(18)8-9-16-4/h6-7,12,16H,8-9H2,1-5H3,(H,17,18). The van der Waals surface area contributed by atoms with Crippen molar-refractivity contribution in [2.24, 2.45) is 0 Å². The van der Waals surface area contributed by atoms with Gasteiger partial charge in [-0.2, -0.15) is 0 Å². The molecule has 0 heterocycles. The van der Waals surface area contributed by atoms with Gasteiger partial charge in [-0.3, -0.25) is 4.79 Å². The SMILES string of the molecule is CNCCC(=O)NC(C)c1ccc(OC)c(C)c1C. The van der Waals surface area contributed by atoms with E-state index in [2.05, 4.69) is 17.6 Å². The van der Waals surface area contributed by atoms with Crippen LogP contribution in [-0.4, -0.2) is 26.6 Å². The van der Waals surface area contributed by atoms with E-state index in [0.29, 0.717) is 13.0 Å². The number of methoxy groups -OCH3 is 1. The number of hydrogen-bond acceptors (Lipinski definition) is 3. The zero-order valence-corrected chi connectivity index (χ0v) is 12.5. The first-order valence-corrected chi connectivity index (χ1v) is 6.59. The van der Waals surface area contributed by atoms with Gasteiger partial charge in [-0.15, -0.1) is 0 Å². The molecule has 0 spiro atoms. The van der Waals surface area contributed by atoms with E-state index in [1.807, 2.05) is 33.0 Å². The van der Waals surface area contributed by atoms with Gasteiger partial charge in [0.25, 0.3) is 0 Å². The molecule has 0 radical (unpaired) electrons. The van der Waals surface area contributed by atoms with E-state index in [0.717, 1.165) is 16.9 Å². The highest BCUT2D eigenvalue weighted by atomic mass is 16.5. The summed E-state index contributed by atoms with van der Waals surface area (Å²) in [7, 11) is 3.51. The van der Waals surface area contributed by atoms with E-state index in [4.69, 9.17) is 4.74 Å². The second-order valence-electron chi connectivity index (χ2n) is 4.75. The van der Waals surface area contributed by atoms with Crippen molar-refractivity contribution in [2.45, 2.75) is 33.2 Å². The van der Waals surface area contributed by atoms with Crippen LogP contribution in [0.25, 0.3) is 0 Å². The molecule has 1 aromatic rings. The fourth-order valence-corrected chi connectivity index (χ4v) is 2.14. The average Bonchev–Trinajstić information content (AvgIpc) is 2.39. The van der Waals surface area contributed by atoms with Crippen molar-refractivity contribution >= 4 is 5.91 Å². The molecule has 1 aromatic carbocycles. The summed E-state index contributed by atoms with van der Waals surface area (Å²) < 4.78 is 5.30. The van der Waals surface area contributed by atoms with E-state index < -0.39 is 0 Å². The summed E-state index contributed by atoms with van der Waals surface area (Å²) in [6.07, 6.45) is 0.495. The lowest BCUT2D eigenvalue weighted by Gasteiger charge is -2.19. The number of rotatable bonds is 6. The molecule has 1 amide bonds. The lowest BCUT2D eigenvalue weighted by molar-refractivity contribution is -0.121. The van der Waals surface area contributed by atoms with Gasteiger partial charge in [0.1, 0.15) is 5.75 Å². The minimum absolute atomic E-state index is 0.00830. The maximum atomic E-state index is 11.7. The van der Waals surface area contributed by atoms with Gasteiger partial charge in [0.15, 0.2) is 0 Å². The number of benzene rings is 1. The summed E-state index contributed by atoms with van der Waals surface area (Å²) in [4.78, 5) is 11.7. The van der Waals surface area contributed by atoms with Crippen LogP contribution in [0.3, 0.4) is 0 Å². The van der Waals surface area contributed by atoms with Crippen molar-refractivity contribution in [3.63, 3.8) is 0 Å². The second-order valence-corrected chi connectivity index (χ2v) is 4.75. The van der Waals surface area contributed by atoms with Gasteiger partial charge in [0.2, 0.25) is 5.91 Å². The fourth-order valence-electron chi connectivity index (χ4n) is 2.14. The van der Waals surface area contributed by atoms with Crippen molar-refractivity contribution in [2.75, 3.05) is 20.7 Å². The van der Waals surface area contributed by atoms with E-state index >= 15 is 0 Å². The molecule has 0 aliphatic heterocycles. The highest BCUT2D eigenvalue weighted by Gasteiger charge is 2.14. The van der Waals surface area contributed by atoms with Gasteiger partial charge in [0.05, 0.1) is 13.2 Å². The molecule has 0 bridgehead atoms. The third-order valence-electron chi connectivity index (χ3n) is 3.45. The highest BCUT2D eigenvalue weighted by molar-refractivity contribution is 5.76. The largest absolute Gasteiger partial charge is 0.496 e. The number of ether oxygens (including phenoxy) is 1. The van der Waals surface area contributed by atoms with E-state index in [-0.39, 0.29) is 11.9 Å². The van der Waals surface area contributed by atoms with Crippen molar-refractivity contribution < 1.29 is 9.53 Å². The Kier molecular flexibility index (Phi) is 5.83. The van der Waals surface area contributed by atoms with Crippen LogP contribution in [0.15, 0.2) is 12.1 Å². The quantitative estimate of drug-likeness (QED) is 0.827. The first kappa shape index (κ1) is 15.5. The maximum absolute atomic E-state index is 11.7. The Labute approximate surface area is 115 Å². The summed E-state index contributed by atoms with van der Waals surface area (Å²) in [5.74, 6) is 0.949. The molecule has 1 rings (SSSR count). The van der Waals surface area contributed by atoms with Crippen LogP contribution in [-0.2, 0) is 4.79 Å². The molecule has 4 heteroatoms. The summed E-state index contributed by atoms with van der Waals surface area (Å²) >= 11 is 0. The molecule has 19 heavy (non-hydrogen) atoms. The third kappa shape index (κ3) is 3.96. The molecule has 0 fully saturated rings. The number of nitrogens with one attached hydrogen (secondary N) is 2.